The zero-order chi connectivity index (χ0) is 20.6. The molecule has 3 rings (SSSR count). The van der Waals surface area contributed by atoms with E-state index >= 15 is 0 Å². The van der Waals surface area contributed by atoms with E-state index < -0.39 is 6.04 Å². The Morgan fingerprint density at radius 2 is 1.66 bits per heavy atom. The van der Waals surface area contributed by atoms with Gasteiger partial charge in [-0.2, -0.15) is 0 Å². The van der Waals surface area contributed by atoms with E-state index in [-0.39, 0.29) is 30.7 Å². The molecule has 2 aromatic rings. The molecule has 1 unspecified atom stereocenters. The van der Waals surface area contributed by atoms with Crippen LogP contribution in [-0.2, 0) is 20.8 Å². The third-order valence-electron chi connectivity index (χ3n) is 4.85. The minimum absolute atomic E-state index is 0.0242. The fraction of sp³-hybridized carbons (Fsp3) is 0.318. The van der Waals surface area contributed by atoms with Crippen molar-refractivity contribution in [2.45, 2.75) is 32.2 Å². The van der Waals surface area contributed by atoms with Crippen LogP contribution in [0.5, 0.6) is 0 Å². The molecule has 29 heavy (non-hydrogen) atoms. The Balaban J connectivity index is 1.52. The summed E-state index contributed by atoms with van der Waals surface area (Å²) in [6, 6.07) is 16.8. The number of nitrogens with one attached hydrogen (secondary N) is 3. The maximum atomic E-state index is 12.3. The highest BCUT2D eigenvalue weighted by Crippen LogP contribution is 2.26. The number of aryl methyl sites for hydroxylation is 1. The Hall–Kier alpha value is -3.35. The van der Waals surface area contributed by atoms with Gasteiger partial charge < -0.3 is 10.2 Å². The zero-order valence-corrected chi connectivity index (χ0v) is 16.5. The molecular formula is C22H26N4O3. The molecule has 1 aliphatic heterocycles. The molecule has 0 saturated heterocycles. The van der Waals surface area contributed by atoms with Gasteiger partial charge in [-0.25, -0.2) is 0 Å². The lowest BCUT2D eigenvalue weighted by atomic mass is 10.0. The highest BCUT2D eigenvalue weighted by molar-refractivity contribution is 5.85. The Morgan fingerprint density at radius 1 is 0.966 bits per heavy atom. The Bertz CT molecular complexity index is 869. The summed E-state index contributed by atoms with van der Waals surface area (Å²) in [4.78, 5) is 38.1. The summed E-state index contributed by atoms with van der Waals surface area (Å²) in [7, 11) is 0. The molecule has 152 valence electrons. The molecule has 1 heterocycles. The molecule has 3 amide bonds. The predicted molar refractivity (Wildman–Crippen MR) is 111 cm³/mol. The quantitative estimate of drug-likeness (QED) is 0.653. The molecule has 0 aliphatic carbocycles. The summed E-state index contributed by atoms with van der Waals surface area (Å²) in [6.45, 7) is 2.38. The van der Waals surface area contributed by atoms with E-state index in [0.717, 1.165) is 30.6 Å². The Kier molecular flexibility index (Phi) is 6.84. The van der Waals surface area contributed by atoms with E-state index in [1.54, 1.807) is 0 Å². The first-order chi connectivity index (χ1) is 14.0. The minimum Gasteiger partial charge on any atom is -0.362 e. The molecule has 1 aliphatic rings. The molecule has 7 heteroatoms. The average molecular weight is 394 g/mol. The first-order valence-corrected chi connectivity index (χ1v) is 9.75. The molecule has 0 spiro atoms. The van der Waals surface area contributed by atoms with Crippen molar-refractivity contribution in [1.82, 2.24) is 16.2 Å². The van der Waals surface area contributed by atoms with Crippen molar-refractivity contribution in [2.24, 2.45) is 0 Å². The number of para-hydroxylation sites is 1. The largest absolute Gasteiger partial charge is 0.362 e. The van der Waals surface area contributed by atoms with Crippen molar-refractivity contribution in [1.29, 1.82) is 0 Å². The van der Waals surface area contributed by atoms with Gasteiger partial charge in [0.25, 0.3) is 5.91 Å². The number of hydrazine groups is 1. The zero-order valence-electron chi connectivity index (χ0n) is 16.5. The number of hydrogen-bond acceptors (Lipinski definition) is 4. The van der Waals surface area contributed by atoms with Gasteiger partial charge in [0, 0.05) is 19.2 Å². The van der Waals surface area contributed by atoms with Gasteiger partial charge >= 0.3 is 0 Å². The monoisotopic (exact) mass is 394 g/mol. The van der Waals surface area contributed by atoms with E-state index in [2.05, 4.69) is 22.2 Å². The van der Waals surface area contributed by atoms with Crippen LogP contribution in [0.3, 0.4) is 0 Å². The summed E-state index contributed by atoms with van der Waals surface area (Å²) in [5, 5.41) is 2.77. The second-order valence-electron chi connectivity index (χ2n) is 7.12. The van der Waals surface area contributed by atoms with Gasteiger partial charge in [-0.3, -0.25) is 25.2 Å². The number of nitrogens with zero attached hydrogens (tertiary/aromatic N) is 1. The number of carbonyl (C=O) groups excluding carboxylic acids is 3. The molecule has 1 atom stereocenters. The molecule has 7 nitrogen and oxygen atoms in total. The lowest BCUT2D eigenvalue weighted by molar-refractivity contribution is -0.129. The smallest absolute Gasteiger partial charge is 0.257 e. The lowest BCUT2D eigenvalue weighted by Crippen LogP contribution is -2.48. The van der Waals surface area contributed by atoms with Crippen LogP contribution in [0.25, 0.3) is 0 Å². The van der Waals surface area contributed by atoms with E-state index in [0.29, 0.717) is 0 Å². The normalized spacial score (nSPS) is 13.8. The number of anilines is 1. The molecule has 0 aromatic heterocycles. The fourth-order valence-corrected chi connectivity index (χ4v) is 3.55. The number of hydrogen-bond donors (Lipinski definition) is 3. The van der Waals surface area contributed by atoms with Gasteiger partial charge in [0.05, 0.1) is 19.0 Å². The van der Waals surface area contributed by atoms with Gasteiger partial charge in [0.1, 0.15) is 0 Å². The first-order valence-electron chi connectivity index (χ1n) is 9.75. The highest BCUT2D eigenvalue weighted by Gasteiger charge is 2.20. The van der Waals surface area contributed by atoms with E-state index in [9.17, 15) is 14.4 Å². The van der Waals surface area contributed by atoms with Crippen molar-refractivity contribution in [2.75, 3.05) is 18.0 Å². The Labute approximate surface area is 170 Å². The van der Waals surface area contributed by atoms with Crippen LogP contribution >= 0.6 is 0 Å². The summed E-state index contributed by atoms with van der Waals surface area (Å²) in [5.74, 6) is -0.884. The third kappa shape index (κ3) is 5.81. The average Bonchev–Trinajstić information content (AvgIpc) is 2.72. The maximum absolute atomic E-state index is 12.3. The molecule has 3 N–H and O–H groups in total. The van der Waals surface area contributed by atoms with Crippen LogP contribution in [0.4, 0.5) is 5.69 Å². The van der Waals surface area contributed by atoms with Crippen molar-refractivity contribution in [3.05, 3.63) is 65.7 Å². The van der Waals surface area contributed by atoms with E-state index in [1.165, 1.54) is 12.5 Å². The number of amides is 3. The van der Waals surface area contributed by atoms with Crippen LogP contribution in [0.2, 0.25) is 0 Å². The summed E-state index contributed by atoms with van der Waals surface area (Å²) >= 11 is 0. The number of benzene rings is 2. The molecule has 0 saturated carbocycles. The van der Waals surface area contributed by atoms with Crippen LogP contribution in [0.15, 0.2) is 54.6 Å². The van der Waals surface area contributed by atoms with Crippen molar-refractivity contribution >= 4 is 23.4 Å². The fourth-order valence-electron chi connectivity index (χ4n) is 3.55. The van der Waals surface area contributed by atoms with Crippen molar-refractivity contribution in [3.63, 3.8) is 0 Å². The van der Waals surface area contributed by atoms with Crippen LogP contribution in [-0.4, -0.2) is 30.8 Å². The number of rotatable bonds is 6. The molecule has 0 radical (unpaired) electrons. The maximum Gasteiger partial charge on any atom is 0.257 e. The molecule has 0 bridgehead atoms. The van der Waals surface area contributed by atoms with Crippen LogP contribution < -0.4 is 21.1 Å². The molecular weight excluding hydrogens is 368 g/mol. The predicted octanol–water partition coefficient (Wildman–Crippen LogP) is 1.85. The standard InChI is InChI=1S/C22H26N4O3/c1-16(27)23-19(17-8-3-2-4-9-17)14-21(28)24-25-22(29)15-26-13-7-11-18-10-5-6-12-20(18)26/h2-6,8-10,12,19H,7,11,13-15H2,1H3,(H,23,27)(H,24,28)(H,25,29). The summed E-state index contributed by atoms with van der Waals surface area (Å²) in [5.41, 5.74) is 8.06. The van der Waals surface area contributed by atoms with E-state index in [4.69, 9.17) is 0 Å². The van der Waals surface area contributed by atoms with Gasteiger partial charge in [-0.1, -0.05) is 48.5 Å². The highest BCUT2D eigenvalue weighted by atomic mass is 16.2. The summed E-state index contributed by atoms with van der Waals surface area (Å²) in [6.07, 6.45) is 2.03. The molecule has 2 aromatic carbocycles. The van der Waals surface area contributed by atoms with Crippen LogP contribution in [0.1, 0.15) is 36.9 Å². The topological polar surface area (TPSA) is 90.5 Å². The second kappa shape index (κ2) is 9.73. The van der Waals surface area contributed by atoms with E-state index in [1.807, 2.05) is 53.4 Å². The van der Waals surface area contributed by atoms with Gasteiger partial charge in [0.15, 0.2) is 0 Å². The van der Waals surface area contributed by atoms with Gasteiger partial charge in [-0.05, 0) is 30.0 Å². The van der Waals surface area contributed by atoms with Crippen molar-refractivity contribution in [3.8, 4) is 0 Å². The Morgan fingerprint density at radius 3 is 2.41 bits per heavy atom. The number of fused-ring (bicyclic) bond motifs is 1. The van der Waals surface area contributed by atoms with Gasteiger partial charge in [-0.15, -0.1) is 0 Å². The first kappa shape index (κ1) is 20.4. The van der Waals surface area contributed by atoms with Crippen molar-refractivity contribution < 1.29 is 14.4 Å². The SMILES string of the molecule is CC(=O)NC(CC(=O)NNC(=O)CN1CCCc2ccccc21)c1ccccc1. The second-order valence-corrected chi connectivity index (χ2v) is 7.12. The van der Waals surface area contributed by atoms with Gasteiger partial charge in [0.2, 0.25) is 11.8 Å². The lowest BCUT2D eigenvalue weighted by Gasteiger charge is -2.30. The van der Waals surface area contributed by atoms with Crippen LogP contribution in [0, 0.1) is 0 Å². The third-order valence-corrected chi connectivity index (χ3v) is 4.85. The minimum atomic E-state index is -0.459. The number of carbonyl (C=O) groups is 3. The molecule has 0 fully saturated rings. The summed E-state index contributed by atoms with van der Waals surface area (Å²) < 4.78 is 0.